The highest BCUT2D eigenvalue weighted by Gasteiger charge is 2.22. The molecule has 59 heavy (non-hydrogen) atoms. The second-order valence-electron chi connectivity index (χ2n) is 15.2. The fraction of sp³-hybridized carbons (Fsp3) is 0. The van der Waals surface area contributed by atoms with E-state index in [0.29, 0.717) is 0 Å². The van der Waals surface area contributed by atoms with E-state index in [9.17, 15) is 0 Å². The van der Waals surface area contributed by atoms with E-state index in [0.717, 1.165) is 88.4 Å². The molecule has 3 heteroatoms. The van der Waals surface area contributed by atoms with Crippen molar-refractivity contribution in [2.24, 2.45) is 0 Å². The molecule has 2 aromatic heterocycles. The van der Waals surface area contributed by atoms with Crippen LogP contribution in [0.5, 0.6) is 0 Å². The minimum absolute atomic E-state index is 0.854. The summed E-state index contributed by atoms with van der Waals surface area (Å²) in [5.74, 6) is 0. The van der Waals surface area contributed by atoms with Crippen molar-refractivity contribution in [3.63, 3.8) is 0 Å². The number of nitrogens with zero attached hydrogens (tertiary/aromatic N) is 1. The largest absolute Gasteiger partial charge is 0.456 e. The topological polar surface area (TPSA) is 29.5 Å². The molecule has 0 saturated carbocycles. The summed E-state index contributed by atoms with van der Waals surface area (Å²) >= 11 is 0. The van der Waals surface area contributed by atoms with Crippen molar-refractivity contribution in [3.8, 4) is 33.4 Å². The summed E-state index contributed by atoms with van der Waals surface area (Å²) in [6.07, 6.45) is 0. The SMILES string of the molecule is c1ccc(-c2cccc3cccc(-c4cccc(N(c5ccc(-c6ccc7c(c6)oc6ccccc67)cc5)c5cccc6oc7c8ccccc8ccc7c56)c4)c23)cc1. The van der Waals surface area contributed by atoms with Gasteiger partial charge in [-0.05, 0) is 110 Å². The lowest BCUT2D eigenvalue weighted by Gasteiger charge is -2.27. The van der Waals surface area contributed by atoms with Crippen LogP contribution in [0.1, 0.15) is 0 Å². The monoisotopic (exact) mass is 753 g/mol. The number of hydrogen-bond donors (Lipinski definition) is 0. The summed E-state index contributed by atoms with van der Waals surface area (Å²) in [7, 11) is 0. The first kappa shape index (κ1) is 33.3. The van der Waals surface area contributed by atoms with Crippen LogP contribution < -0.4 is 4.90 Å². The molecule has 0 unspecified atom stereocenters. The molecule has 0 spiro atoms. The summed E-state index contributed by atoms with van der Waals surface area (Å²) < 4.78 is 13.0. The molecular formula is C56H35NO2. The predicted octanol–water partition coefficient (Wildman–Crippen LogP) is 16.3. The molecule has 0 N–H and O–H groups in total. The summed E-state index contributed by atoms with van der Waals surface area (Å²) in [5, 5.41) is 9.15. The summed E-state index contributed by atoms with van der Waals surface area (Å²) in [6.45, 7) is 0. The highest BCUT2D eigenvalue weighted by molar-refractivity contribution is 6.19. The minimum atomic E-state index is 0.854. The third-order valence-electron chi connectivity index (χ3n) is 11.8. The van der Waals surface area contributed by atoms with Gasteiger partial charge >= 0.3 is 0 Å². The fourth-order valence-electron chi connectivity index (χ4n) is 9.11. The third kappa shape index (κ3) is 5.44. The van der Waals surface area contributed by atoms with Crippen LogP contribution in [-0.4, -0.2) is 0 Å². The molecule has 0 bridgehead atoms. The second-order valence-corrected chi connectivity index (χ2v) is 15.2. The van der Waals surface area contributed by atoms with Gasteiger partial charge in [0.05, 0.1) is 11.1 Å². The predicted molar refractivity (Wildman–Crippen MR) is 247 cm³/mol. The molecule has 276 valence electrons. The van der Waals surface area contributed by atoms with Gasteiger partial charge < -0.3 is 13.7 Å². The van der Waals surface area contributed by atoms with Crippen molar-refractivity contribution in [2.45, 2.75) is 0 Å². The zero-order chi connectivity index (χ0) is 38.9. The van der Waals surface area contributed by atoms with Gasteiger partial charge in [-0.2, -0.15) is 0 Å². The standard InChI is InChI=1S/C56H35NO2/c1-2-12-37(13-3-1)44-21-9-15-39-16-10-22-45(54(39)44)41-17-8-18-43(34-41)57(50-23-11-25-52-55(50)49-33-28-38-14-4-5-19-46(38)56(49)59-52)42-30-26-36(27-31-42)40-29-32-48-47-20-6-7-24-51(47)58-53(48)35-40/h1-35H. The third-order valence-corrected chi connectivity index (χ3v) is 11.8. The Hall–Kier alpha value is -7.88. The summed E-state index contributed by atoms with van der Waals surface area (Å²) in [5.41, 5.74) is 13.7. The van der Waals surface area contributed by atoms with Gasteiger partial charge in [0.1, 0.15) is 22.3 Å². The maximum absolute atomic E-state index is 6.72. The van der Waals surface area contributed by atoms with E-state index < -0.39 is 0 Å². The van der Waals surface area contributed by atoms with E-state index >= 15 is 0 Å². The maximum atomic E-state index is 6.72. The van der Waals surface area contributed by atoms with Crippen LogP contribution in [-0.2, 0) is 0 Å². The van der Waals surface area contributed by atoms with E-state index in [1.165, 1.54) is 27.5 Å². The van der Waals surface area contributed by atoms with Crippen molar-refractivity contribution in [3.05, 3.63) is 212 Å². The molecule has 0 aliphatic rings. The smallest absolute Gasteiger partial charge is 0.143 e. The Bertz CT molecular complexity index is 3550. The molecule has 3 nitrogen and oxygen atoms in total. The molecule has 0 radical (unpaired) electrons. The molecule has 0 aliphatic carbocycles. The highest BCUT2D eigenvalue weighted by atomic mass is 16.3. The van der Waals surface area contributed by atoms with Crippen molar-refractivity contribution in [1.29, 1.82) is 0 Å². The van der Waals surface area contributed by atoms with E-state index in [2.05, 4.69) is 205 Å². The second kappa shape index (κ2) is 13.4. The number of rotatable bonds is 6. The Balaban J connectivity index is 1.05. The molecule has 0 atom stereocenters. The van der Waals surface area contributed by atoms with Crippen LogP contribution in [0.25, 0.3) is 98.8 Å². The molecule has 12 aromatic rings. The number of benzene rings is 10. The van der Waals surface area contributed by atoms with Gasteiger partial charge in [0.15, 0.2) is 0 Å². The number of furan rings is 2. The molecular weight excluding hydrogens is 719 g/mol. The van der Waals surface area contributed by atoms with Gasteiger partial charge in [0.2, 0.25) is 0 Å². The molecule has 12 rings (SSSR count). The summed E-state index contributed by atoms with van der Waals surface area (Å²) in [4.78, 5) is 2.38. The van der Waals surface area contributed by atoms with E-state index in [1.54, 1.807) is 0 Å². The molecule has 0 aliphatic heterocycles. The van der Waals surface area contributed by atoms with Crippen LogP contribution >= 0.6 is 0 Å². The number of para-hydroxylation sites is 1. The number of anilines is 3. The van der Waals surface area contributed by atoms with Crippen molar-refractivity contribution in [2.75, 3.05) is 4.90 Å². The zero-order valence-corrected chi connectivity index (χ0v) is 32.0. The summed E-state index contributed by atoms with van der Waals surface area (Å²) in [6, 6.07) is 75.8. The van der Waals surface area contributed by atoms with Gasteiger partial charge in [-0.3, -0.25) is 0 Å². The highest BCUT2D eigenvalue weighted by Crippen LogP contribution is 2.46. The average Bonchev–Trinajstić information content (AvgIpc) is 3.88. The van der Waals surface area contributed by atoms with Crippen molar-refractivity contribution >= 4 is 82.5 Å². The fourth-order valence-corrected chi connectivity index (χ4v) is 9.11. The molecule has 0 amide bonds. The van der Waals surface area contributed by atoms with Gasteiger partial charge in [0.25, 0.3) is 0 Å². The Morgan fingerprint density at radius 2 is 0.949 bits per heavy atom. The average molecular weight is 754 g/mol. The first-order valence-electron chi connectivity index (χ1n) is 20.1. The first-order valence-corrected chi connectivity index (χ1v) is 20.1. The zero-order valence-electron chi connectivity index (χ0n) is 32.0. The van der Waals surface area contributed by atoms with Crippen LogP contribution in [0.4, 0.5) is 17.1 Å². The lowest BCUT2D eigenvalue weighted by Crippen LogP contribution is -2.10. The molecule has 2 heterocycles. The minimum Gasteiger partial charge on any atom is -0.456 e. The number of hydrogen-bond acceptors (Lipinski definition) is 3. The van der Waals surface area contributed by atoms with Crippen LogP contribution in [0, 0.1) is 0 Å². The molecule has 0 fully saturated rings. The Morgan fingerprint density at radius 3 is 1.81 bits per heavy atom. The Kier molecular flexibility index (Phi) is 7.54. The Labute approximate surface area is 340 Å². The van der Waals surface area contributed by atoms with E-state index in [1.807, 2.05) is 12.1 Å². The van der Waals surface area contributed by atoms with E-state index in [4.69, 9.17) is 8.83 Å². The van der Waals surface area contributed by atoms with E-state index in [-0.39, 0.29) is 0 Å². The van der Waals surface area contributed by atoms with Crippen LogP contribution in [0.2, 0.25) is 0 Å². The Morgan fingerprint density at radius 1 is 0.305 bits per heavy atom. The quantitative estimate of drug-likeness (QED) is 0.169. The van der Waals surface area contributed by atoms with Crippen LogP contribution in [0.3, 0.4) is 0 Å². The molecule has 10 aromatic carbocycles. The van der Waals surface area contributed by atoms with Crippen LogP contribution in [0.15, 0.2) is 221 Å². The number of fused-ring (bicyclic) bond motifs is 9. The lowest BCUT2D eigenvalue weighted by molar-refractivity contribution is 0.669. The van der Waals surface area contributed by atoms with Crippen molar-refractivity contribution < 1.29 is 8.83 Å². The normalized spacial score (nSPS) is 11.7. The molecule has 0 saturated heterocycles. The van der Waals surface area contributed by atoms with Gasteiger partial charge in [0, 0.05) is 32.9 Å². The first-order chi connectivity index (χ1) is 29.2. The van der Waals surface area contributed by atoms with Crippen molar-refractivity contribution in [1.82, 2.24) is 0 Å². The van der Waals surface area contributed by atoms with Gasteiger partial charge in [-0.15, -0.1) is 0 Å². The van der Waals surface area contributed by atoms with Gasteiger partial charge in [-0.25, -0.2) is 0 Å². The van der Waals surface area contributed by atoms with Gasteiger partial charge in [-0.1, -0.05) is 152 Å². The lowest BCUT2D eigenvalue weighted by atomic mass is 9.91. The maximum Gasteiger partial charge on any atom is 0.143 e.